The van der Waals surface area contributed by atoms with Crippen LogP contribution in [0.4, 0.5) is 0 Å². The lowest BCUT2D eigenvalue weighted by Gasteiger charge is -2.17. The molecule has 3 heteroatoms. The molecule has 2 aromatic rings. The van der Waals surface area contributed by atoms with Gasteiger partial charge in [0, 0.05) is 17.1 Å². The minimum atomic E-state index is 0.314. The Hall–Kier alpha value is -1.32. The predicted molar refractivity (Wildman–Crippen MR) is 87.1 cm³/mol. The highest BCUT2D eigenvalue weighted by atomic mass is 79.9. The summed E-state index contributed by atoms with van der Waals surface area (Å²) in [6.07, 6.45) is 0. The molecule has 0 heterocycles. The normalized spacial score (nSPS) is 12.2. The van der Waals surface area contributed by atoms with E-state index in [-0.39, 0.29) is 0 Å². The number of ether oxygens (including phenoxy) is 1. The van der Waals surface area contributed by atoms with Gasteiger partial charge in [-0.1, -0.05) is 40.2 Å². The molecule has 2 nitrogen and oxygen atoms in total. The van der Waals surface area contributed by atoms with E-state index in [0.29, 0.717) is 6.04 Å². The largest absolute Gasteiger partial charge is 0.497 e. The minimum absolute atomic E-state index is 0.314. The molecule has 1 N–H and O–H groups in total. The smallest absolute Gasteiger partial charge is 0.119 e. The average Bonchev–Trinajstić information content (AvgIpc) is 2.46. The standard InChI is InChI=1S/C17H20BrNO/c1-12-6-4-5-7-16(12)13(2)19-11-14-10-15(20-3)8-9-17(14)18/h4-10,13,19H,11H2,1-3H3. The fourth-order valence-electron chi connectivity index (χ4n) is 2.26. The van der Waals surface area contributed by atoms with Crippen LogP contribution in [0.15, 0.2) is 46.9 Å². The fourth-order valence-corrected chi connectivity index (χ4v) is 2.65. The molecule has 0 fully saturated rings. The van der Waals surface area contributed by atoms with Gasteiger partial charge in [0.2, 0.25) is 0 Å². The molecule has 0 aromatic heterocycles. The molecular weight excluding hydrogens is 314 g/mol. The van der Waals surface area contributed by atoms with E-state index in [1.54, 1.807) is 7.11 Å². The summed E-state index contributed by atoms with van der Waals surface area (Å²) in [4.78, 5) is 0. The van der Waals surface area contributed by atoms with Crippen LogP contribution in [-0.4, -0.2) is 7.11 Å². The SMILES string of the molecule is COc1ccc(Br)c(CNC(C)c2ccccc2C)c1. The number of nitrogens with one attached hydrogen (secondary N) is 1. The van der Waals surface area contributed by atoms with Crippen LogP contribution in [0, 0.1) is 6.92 Å². The summed E-state index contributed by atoms with van der Waals surface area (Å²) in [6.45, 7) is 5.14. The highest BCUT2D eigenvalue weighted by Gasteiger charge is 2.09. The maximum absolute atomic E-state index is 5.27. The van der Waals surface area contributed by atoms with Crippen LogP contribution < -0.4 is 10.1 Å². The van der Waals surface area contributed by atoms with Gasteiger partial charge >= 0.3 is 0 Å². The molecule has 2 rings (SSSR count). The molecule has 0 saturated heterocycles. The van der Waals surface area contributed by atoms with Crippen molar-refractivity contribution in [1.82, 2.24) is 5.32 Å². The van der Waals surface area contributed by atoms with E-state index >= 15 is 0 Å². The third-order valence-electron chi connectivity index (χ3n) is 3.51. The molecule has 0 radical (unpaired) electrons. The summed E-state index contributed by atoms with van der Waals surface area (Å²) in [5.41, 5.74) is 3.86. The van der Waals surface area contributed by atoms with E-state index in [1.165, 1.54) is 16.7 Å². The molecule has 0 spiro atoms. The first-order chi connectivity index (χ1) is 9.61. The van der Waals surface area contributed by atoms with Crippen LogP contribution in [0.5, 0.6) is 5.75 Å². The predicted octanol–water partition coefficient (Wildman–Crippen LogP) is 4.62. The Morgan fingerprint density at radius 2 is 1.95 bits per heavy atom. The lowest BCUT2D eigenvalue weighted by molar-refractivity contribution is 0.413. The summed E-state index contributed by atoms with van der Waals surface area (Å²) < 4.78 is 6.37. The topological polar surface area (TPSA) is 21.3 Å². The van der Waals surface area contributed by atoms with Gasteiger partial charge in [-0.15, -0.1) is 0 Å². The summed E-state index contributed by atoms with van der Waals surface area (Å²) in [7, 11) is 1.69. The van der Waals surface area contributed by atoms with Crippen molar-refractivity contribution < 1.29 is 4.74 Å². The van der Waals surface area contributed by atoms with E-state index in [2.05, 4.69) is 65.4 Å². The molecule has 0 aliphatic carbocycles. The van der Waals surface area contributed by atoms with Gasteiger partial charge in [-0.2, -0.15) is 0 Å². The maximum atomic E-state index is 5.27. The molecule has 0 amide bonds. The zero-order valence-corrected chi connectivity index (χ0v) is 13.7. The fraction of sp³-hybridized carbons (Fsp3) is 0.294. The van der Waals surface area contributed by atoms with E-state index in [1.807, 2.05) is 12.1 Å². The third kappa shape index (κ3) is 3.62. The van der Waals surface area contributed by atoms with Gasteiger partial charge in [0.15, 0.2) is 0 Å². The highest BCUT2D eigenvalue weighted by Crippen LogP contribution is 2.24. The summed E-state index contributed by atoms with van der Waals surface area (Å²) in [5, 5.41) is 3.56. The minimum Gasteiger partial charge on any atom is -0.497 e. The number of hydrogen-bond donors (Lipinski definition) is 1. The van der Waals surface area contributed by atoms with Gasteiger partial charge in [0.1, 0.15) is 5.75 Å². The Morgan fingerprint density at radius 1 is 1.20 bits per heavy atom. The second kappa shape index (κ2) is 6.91. The monoisotopic (exact) mass is 333 g/mol. The van der Waals surface area contributed by atoms with Gasteiger partial charge < -0.3 is 10.1 Å². The molecular formula is C17H20BrNO. The molecule has 0 saturated carbocycles. The first-order valence-electron chi connectivity index (χ1n) is 6.73. The van der Waals surface area contributed by atoms with Gasteiger partial charge in [0.05, 0.1) is 7.11 Å². The third-order valence-corrected chi connectivity index (χ3v) is 4.28. The Morgan fingerprint density at radius 3 is 2.65 bits per heavy atom. The molecule has 2 aromatic carbocycles. The number of hydrogen-bond acceptors (Lipinski definition) is 2. The summed E-state index contributed by atoms with van der Waals surface area (Å²) in [5.74, 6) is 0.883. The van der Waals surface area contributed by atoms with E-state index in [0.717, 1.165) is 16.8 Å². The van der Waals surface area contributed by atoms with Crippen molar-refractivity contribution >= 4 is 15.9 Å². The van der Waals surface area contributed by atoms with Crippen LogP contribution >= 0.6 is 15.9 Å². The number of benzene rings is 2. The Balaban J connectivity index is 2.07. The van der Waals surface area contributed by atoms with Crippen molar-refractivity contribution in [3.63, 3.8) is 0 Å². The number of halogens is 1. The lowest BCUT2D eigenvalue weighted by Crippen LogP contribution is -2.19. The van der Waals surface area contributed by atoms with E-state index in [9.17, 15) is 0 Å². The van der Waals surface area contributed by atoms with Crippen LogP contribution in [0.25, 0.3) is 0 Å². The van der Waals surface area contributed by atoms with Gasteiger partial charge in [-0.3, -0.25) is 0 Å². The molecule has 1 atom stereocenters. The molecule has 0 bridgehead atoms. The van der Waals surface area contributed by atoms with Crippen LogP contribution in [0.2, 0.25) is 0 Å². The maximum Gasteiger partial charge on any atom is 0.119 e. The van der Waals surface area contributed by atoms with E-state index in [4.69, 9.17) is 4.74 Å². The molecule has 0 aliphatic heterocycles. The quantitative estimate of drug-likeness (QED) is 0.862. The van der Waals surface area contributed by atoms with Crippen molar-refractivity contribution in [1.29, 1.82) is 0 Å². The molecule has 0 aliphatic rings. The van der Waals surface area contributed by atoms with Crippen LogP contribution in [0.1, 0.15) is 29.7 Å². The van der Waals surface area contributed by atoms with Crippen LogP contribution in [-0.2, 0) is 6.54 Å². The lowest BCUT2D eigenvalue weighted by atomic mass is 10.0. The van der Waals surface area contributed by atoms with Crippen molar-refractivity contribution in [2.24, 2.45) is 0 Å². The van der Waals surface area contributed by atoms with Gasteiger partial charge in [0.25, 0.3) is 0 Å². The van der Waals surface area contributed by atoms with Crippen molar-refractivity contribution in [3.05, 3.63) is 63.6 Å². The Labute approximate surface area is 129 Å². The van der Waals surface area contributed by atoms with Crippen molar-refractivity contribution in [3.8, 4) is 5.75 Å². The van der Waals surface area contributed by atoms with Crippen molar-refractivity contribution in [2.45, 2.75) is 26.4 Å². The number of methoxy groups -OCH3 is 1. The van der Waals surface area contributed by atoms with Gasteiger partial charge in [-0.05, 0) is 48.7 Å². The number of aryl methyl sites for hydroxylation is 1. The van der Waals surface area contributed by atoms with Crippen molar-refractivity contribution in [2.75, 3.05) is 7.11 Å². The first-order valence-corrected chi connectivity index (χ1v) is 7.52. The second-order valence-electron chi connectivity index (χ2n) is 4.92. The van der Waals surface area contributed by atoms with E-state index < -0.39 is 0 Å². The average molecular weight is 334 g/mol. The van der Waals surface area contributed by atoms with Crippen LogP contribution in [0.3, 0.4) is 0 Å². The molecule has 106 valence electrons. The molecule has 1 unspecified atom stereocenters. The Bertz CT molecular complexity index is 583. The van der Waals surface area contributed by atoms with Gasteiger partial charge in [-0.25, -0.2) is 0 Å². The Kier molecular flexibility index (Phi) is 5.21. The highest BCUT2D eigenvalue weighted by molar-refractivity contribution is 9.10. The molecule has 20 heavy (non-hydrogen) atoms. The first kappa shape index (κ1) is 15.1. The summed E-state index contributed by atoms with van der Waals surface area (Å²) >= 11 is 3.58. The second-order valence-corrected chi connectivity index (χ2v) is 5.77. The zero-order valence-electron chi connectivity index (χ0n) is 12.1. The zero-order chi connectivity index (χ0) is 14.5. The number of rotatable bonds is 5. The summed E-state index contributed by atoms with van der Waals surface area (Å²) in [6, 6.07) is 14.8.